The van der Waals surface area contributed by atoms with Gasteiger partial charge in [-0.3, -0.25) is 31.1 Å². The predicted molar refractivity (Wildman–Crippen MR) is 139 cm³/mol. The minimum absolute atomic E-state index is 0.0216. The zero-order valence-corrected chi connectivity index (χ0v) is 18.8. The molecular weight excluding hydrogens is 460 g/mol. The van der Waals surface area contributed by atoms with Gasteiger partial charge in [-0.05, 0) is 24.3 Å². The third-order valence-electron chi connectivity index (χ3n) is 5.07. The van der Waals surface area contributed by atoms with E-state index >= 15 is 0 Å². The lowest BCUT2D eigenvalue weighted by Gasteiger charge is -2.13. The maximum absolute atomic E-state index is 11.0. The summed E-state index contributed by atoms with van der Waals surface area (Å²) in [7, 11) is 0. The second-order valence-electron chi connectivity index (χ2n) is 7.48. The largest absolute Gasteiger partial charge is 0.278 e. The highest BCUT2D eigenvalue weighted by molar-refractivity contribution is 6.53. The molecule has 178 valence electrons. The summed E-state index contributed by atoms with van der Waals surface area (Å²) in [5.41, 5.74) is 9.57. The van der Waals surface area contributed by atoms with Gasteiger partial charge in [-0.25, -0.2) is 0 Å². The number of nitrogens with zero attached hydrogens (tertiary/aromatic N) is 4. The second kappa shape index (κ2) is 11.2. The molecule has 4 aromatic carbocycles. The molecule has 4 aromatic rings. The van der Waals surface area contributed by atoms with Crippen LogP contribution in [0.1, 0.15) is 11.1 Å². The van der Waals surface area contributed by atoms with Crippen LogP contribution in [-0.4, -0.2) is 21.3 Å². The highest BCUT2D eigenvalue weighted by atomic mass is 16.6. The molecule has 0 aliphatic heterocycles. The van der Waals surface area contributed by atoms with Crippen LogP contribution in [0.3, 0.4) is 0 Å². The van der Waals surface area contributed by atoms with Gasteiger partial charge in [0.05, 0.1) is 21.2 Å². The summed E-state index contributed by atoms with van der Waals surface area (Å²) >= 11 is 0. The molecule has 10 nitrogen and oxygen atoms in total. The molecule has 0 heterocycles. The summed E-state index contributed by atoms with van der Waals surface area (Å²) in [6.07, 6.45) is 0. The smallest absolute Gasteiger partial charge is 0.269 e. The van der Waals surface area contributed by atoms with Crippen molar-refractivity contribution in [1.82, 2.24) is 0 Å². The third-order valence-corrected chi connectivity index (χ3v) is 5.07. The fourth-order valence-electron chi connectivity index (χ4n) is 3.26. The van der Waals surface area contributed by atoms with Gasteiger partial charge in [0.1, 0.15) is 11.4 Å². The van der Waals surface area contributed by atoms with E-state index in [2.05, 4.69) is 21.1 Å². The van der Waals surface area contributed by atoms with Crippen molar-refractivity contribution >= 4 is 34.2 Å². The summed E-state index contributed by atoms with van der Waals surface area (Å²) in [6, 6.07) is 30.7. The molecule has 0 aromatic heterocycles. The molecule has 0 saturated carbocycles. The van der Waals surface area contributed by atoms with Gasteiger partial charge >= 0.3 is 0 Å². The molecule has 0 amide bonds. The Morgan fingerprint density at radius 3 is 1.17 bits per heavy atom. The first-order valence-corrected chi connectivity index (χ1v) is 10.8. The fraction of sp³-hybridized carbons (Fsp3) is 0. The lowest BCUT2D eigenvalue weighted by atomic mass is 10.00. The van der Waals surface area contributed by atoms with Crippen molar-refractivity contribution in [3.05, 3.63) is 141 Å². The Hall–Kier alpha value is -5.38. The Morgan fingerprint density at radius 1 is 0.528 bits per heavy atom. The molecule has 10 heteroatoms. The number of nitro benzene ring substituents is 2. The zero-order chi connectivity index (χ0) is 25.3. The molecule has 0 aliphatic carbocycles. The number of hydrazone groups is 2. The van der Waals surface area contributed by atoms with Gasteiger partial charge in [-0.15, -0.1) is 0 Å². The first-order valence-electron chi connectivity index (χ1n) is 10.8. The monoisotopic (exact) mass is 480 g/mol. The van der Waals surface area contributed by atoms with E-state index in [1.807, 2.05) is 60.7 Å². The minimum Gasteiger partial charge on any atom is -0.278 e. The maximum atomic E-state index is 11.0. The van der Waals surface area contributed by atoms with Crippen molar-refractivity contribution in [2.75, 3.05) is 10.9 Å². The Labute approximate surface area is 205 Å². The maximum Gasteiger partial charge on any atom is 0.269 e. The number of nitro groups is 2. The van der Waals surface area contributed by atoms with Crippen LogP contribution in [-0.2, 0) is 0 Å². The minimum atomic E-state index is -0.466. The van der Waals surface area contributed by atoms with E-state index in [4.69, 9.17) is 0 Å². The molecule has 0 atom stereocenters. The van der Waals surface area contributed by atoms with Crippen molar-refractivity contribution in [2.24, 2.45) is 10.2 Å². The normalized spacial score (nSPS) is 11.6. The van der Waals surface area contributed by atoms with E-state index in [0.717, 1.165) is 11.1 Å². The van der Waals surface area contributed by atoms with Crippen LogP contribution in [0.2, 0.25) is 0 Å². The molecule has 0 unspecified atom stereocenters. The third kappa shape index (κ3) is 5.94. The molecule has 0 radical (unpaired) electrons. The highest BCUT2D eigenvalue weighted by Gasteiger charge is 2.16. The van der Waals surface area contributed by atoms with E-state index in [0.29, 0.717) is 22.8 Å². The van der Waals surface area contributed by atoms with Crippen LogP contribution in [0.25, 0.3) is 0 Å². The summed E-state index contributed by atoms with van der Waals surface area (Å²) in [6.45, 7) is 0. The lowest BCUT2D eigenvalue weighted by Crippen LogP contribution is -2.20. The first kappa shape index (κ1) is 23.8. The van der Waals surface area contributed by atoms with Crippen molar-refractivity contribution in [1.29, 1.82) is 0 Å². The number of rotatable bonds is 9. The molecule has 0 aliphatic rings. The van der Waals surface area contributed by atoms with Crippen LogP contribution < -0.4 is 10.9 Å². The van der Waals surface area contributed by atoms with Gasteiger partial charge in [0, 0.05) is 35.4 Å². The van der Waals surface area contributed by atoms with E-state index < -0.39 is 9.85 Å². The van der Waals surface area contributed by atoms with Crippen LogP contribution in [0.5, 0.6) is 0 Å². The molecule has 36 heavy (non-hydrogen) atoms. The lowest BCUT2D eigenvalue weighted by molar-refractivity contribution is -0.385. The van der Waals surface area contributed by atoms with Crippen LogP contribution in [0.15, 0.2) is 119 Å². The predicted octanol–water partition coefficient (Wildman–Crippen LogP) is 5.84. The zero-order valence-electron chi connectivity index (χ0n) is 18.8. The Balaban J connectivity index is 1.73. The SMILES string of the molecule is O=[N+]([O-])c1ccc(N/N=C(\C(=N\Nc2ccc([N+](=O)[O-])cc2)c2ccccc2)c2ccccc2)cc1. The number of non-ortho nitro benzene ring substituents is 2. The Morgan fingerprint density at radius 2 is 0.861 bits per heavy atom. The van der Waals surface area contributed by atoms with Crippen LogP contribution in [0.4, 0.5) is 22.7 Å². The van der Waals surface area contributed by atoms with Gasteiger partial charge in [0.15, 0.2) is 0 Å². The van der Waals surface area contributed by atoms with Crippen LogP contribution >= 0.6 is 0 Å². The van der Waals surface area contributed by atoms with E-state index in [1.54, 1.807) is 24.3 Å². The molecule has 0 fully saturated rings. The highest BCUT2D eigenvalue weighted by Crippen LogP contribution is 2.18. The second-order valence-corrected chi connectivity index (χ2v) is 7.48. The van der Waals surface area contributed by atoms with Crippen molar-refractivity contribution < 1.29 is 9.85 Å². The molecule has 2 N–H and O–H groups in total. The molecule has 0 spiro atoms. The number of hydrogen-bond acceptors (Lipinski definition) is 8. The average molecular weight is 480 g/mol. The quantitative estimate of drug-likeness (QED) is 0.176. The molecule has 0 saturated heterocycles. The summed E-state index contributed by atoms with van der Waals surface area (Å²) < 4.78 is 0. The Bertz CT molecular complexity index is 1290. The van der Waals surface area contributed by atoms with E-state index in [1.165, 1.54) is 24.3 Å². The topological polar surface area (TPSA) is 135 Å². The standard InChI is InChI=1S/C26H20N6O4/c33-31(34)23-15-11-21(12-16-23)27-29-25(19-7-3-1-4-8-19)26(20-9-5-2-6-10-20)30-28-22-13-17-24(18-14-22)32(35)36/h1-18,27-28H/b29-25-,30-26+. The summed E-state index contributed by atoms with van der Waals surface area (Å²) in [5.74, 6) is 0. The van der Waals surface area contributed by atoms with Crippen molar-refractivity contribution in [3.8, 4) is 0 Å². The number of anilines is 2. The summed E-state index contributed by atoms with van der Waals surface area (Å²) in [4.78, 5) is 21.0. The molecule has 4 rings (SSSR count). The number of nitrogens with one attached hydrogen (secondary N) is 2. The van der Waals surface area contributed by atoms with Crippen molar-refractivity contribution in [3.63, 3.8) is 0 Å². The van der Waals surface area contributed by atoms with Gasteiger partial charge in [0.2, 0.25) is 0 Å². The average Bonchev–Trinajstić information content (AvgIpc) is 2.92. The van der Waals surface area contributed by atoms with Gasteiger partial charge in [-0.2, -0.15) is 10.2 Å². The van der Waals surface area contributed by atoms with Gasteiger partial charge in [0.25, 0.3) is 11.4 Å². The summed E-state index contributed by atoms with van der Waals surface area (Å²) in [5, 5.41) is 31.1. The van der Waals surface area contributed by atoms with E-state index in [-0.39, 0.29) is 11.4 Å². The number of hydrogen-bond donors (Lipinski definition) is 2. The fourth-order valence-corrected chi connectivity index (χ4v) is 3.26. The Kier molecular flexibility index (Phi) is 7.37. The van der Waals surface area contributed by atoms with E-state index in [9.17, 15) is 20.2 Å². The molecule has 0 bridgehead atoms. The van der Waals surface area contributed by atoms with Gasteiger partial charge in [-0.1, -0.05) is 60.7 Å². The van der Waals surface area contributed by atoms with Crippen molar-refractivity contribution in [2.45, 2.75) is 0 Å². The number of benzene rings is 4. The van der Waals surface area contributed by atoms with Crippen LogP contribution in [0, 0.1) is 20.2 Å². The van der Waals surface area contributed by atoms with Gasteiger partial charge < -0.3 is 0 Å². The molecular formula is C26H20N6O4. The first-order chi connectivity index (χ1) is 17.5.